The van der Waals surface area contributed by atoms with Gasteiger partial charge in [-0.05, 0) is 28.9 Å². The molecular weight excluding hydrogens is 264 g/mol. The van der Waals surface area contributed by atoms with Gasteiger partial charge in [-0.2, -0.15) is 0 Å². The summed E-state index contributed by atoms with van der Waals surface area (Å²) in [6.45, 7) is 2.01. The van der Waals surface area contributed by atoms with Crippen molar-refractivity contribution in [3.05, 3.63) is 32.8 Å². The minimum Gasteiger partial charge on any atom is -0.484 e. The molecule has 0 fully saturated rings. The molecule has 0 aliphatic rings. The fraction of sp³-hybridized carbons (Fsp3) is 0.333. The lowest BCUT2D eigenvalue weighted by Crippen LogP contribution is -2.24. The number of nitro groups is 1. The number of hydrogen-bond acceptors (Lipinski definition) is 4. The van der Waals surface area contributed by atoms with Crippen LogP contribution in [0.1, 0.15) is 6.92 Å². The van der Waals surface area contributed by atoms with Gasteiger partial charge in [-0.3, -0.25) is 10.1 Å². The molecule has 2 N–H and O–H groups in total. The van der Waals surface area contributed by atoms with Crippen LogP contribution in [0.5, 0.6) is 5.75 Å². The van der Waals surface area contributed by atoms with Gasteiger partial charge in [-0.1, -0.05) is 6.07 Å². The normalized spacial score (nSPS) is 12.2. The SMILES string of the molecule is CC(N)COc1c(Br)cccc1[N+](=O)[O-]. The first-order valence-electron chi connectivity index (χ1n) is 4.33. The molecule has 1 aromatic carbocycles. The number of halogens is 1. The maximum absolute atomic E-state index is 10.7. The van der Waals surface area contributed by atoms with Gasteiger partial charge in [-0.25, -0.2) is 0 Å². The zero-order valence-electron chi connectivity index (χ0n) is 8.14. The molecule has 0 spiro atoms. The van der Waals surface area contributed by atoms with Crippen LogP contribution in [0.2, 0.25) is 0 Å². The number of nitro benzene ring substituents is 1. The third-order valence-corrected chi connectivity index (χ3v) is 2.26. The van der Waals surface area contributed by atoms with E-state index in [2.05, 4.69) is 15.9 Å². The van der Waals surface area contributed by atoms with Gasteiger partial charge in [0.1, 0.15) is 6.61 Å². The number of nitrogens with zero attached hydrogens (tertiary/aromatic N) is 1. The predicted molar refractivity (Wildman–Crippen MR) is 59.9 cm³/mol. The van der Waals surface area contributed by atoms with E-state index in [9.17, 15) is 10.1 Å². The first kappa shape index (κ1) is 11.9. The quantitative estimate of drug-likeness (QED) is 0.674. The molecule has 5 nitrogen and oxygen atoms in total. The van der Waals surface area contributed by atoms with Gasteiger partial charge in [-0.15, -0.1) is 0 Å². The Bertz CT molecular complexity index is 368. The van der Waals surface area contributed by atoms with Crippen molar-refractivity contribution < 1.29 is 9.66 Å². The summed E-state index contributed by atoms with van der Waals surface area (Å²) in [5.41, 5.74) is 5.44. The fourth-order valence-corrected chi connectivity index (χ4v) is 1.47. The lowest BCUT2D eigenvalue weighted by Gasteiger charge is -2.10. The van der Waals surface area contributed by atoms with E-state index in [1.807, 2.05) is 0 Å². The van der Waals surface area contributed by atoms with Gasteiger partial charge < -0.3 is 10.5 Å². The maximum Gasteiger partial charge on any atom is 0.312 e. The van der Waals surface area contributed by atoms with Gasteiger partial charge in [0.05, 0.1) is 9.40 Å². The number of rotatable bonds is 4. The maximum atomic E-state index is 10.7. The summed E-state index contributed by atoms with van der Waals surface area (Å²) < 4.78 is 5.83. The van der Waals surface area contributed by atoms with Crippen LogP contribution < -0.4 is 10.5 Å². The van der Waals surface area contributed by atoms with Crippen LogP contribution >= 0.6 is 15.9 Å². The molecule has 1 unspecified atom stereocenters. The van der Waals surface area contributed by atoms with Crippen LogP contribution in [0.15, 0.2) is 22.7 Å². The summed E-state index contributed by atoms with van der Waals surface area (Å²) in [5.74, 6) is 0.222. The number of para-hydroxylation sites is 1. The number of hydrogen-bond donors (Lipinski definition) is 1. The van der Waals surface area contributed by atoms with Crippen LogP contribution in [0.4, 0.5) is 5.69 Å². The smallest absolute Gasteiger partial charge is 0.312 e. The van der Waals surface area contributed by atoms with Crippen molar-refractivity contribution in [1.29, 1.82) is 0 Å². The van der Waals surface area contributed by atoms with E-state index in [1.54, 1.807) is 19.1 Å². The number of ether oxygens (including phenoxy) is 1. The molecule has 1 rings (SSSR count). The molecular formula is C9H11BrN2O3. The van der Waals surface area contributed by atoms with E-state index in [1.165, 1.54) is 6.07 Å². The van der Waals surface area contributed by atoms with Crippen LogP contribution in [-0.4, -0.2) is 17.6 Å². The van der Waals surface area contributed by atoms with E-state index in [4.69, 9.17) is 10.5 Å². The van der Waals surface area contributed by atoms with E-state index in [0.29, 0.717) is 4.47 Å². The molecule has 0 aliphatic carbocycles. The summed E-state index contributed by atoms with van der Waals surface area (Å²) in [7, 11) is 0. The van der Waals surface area contributed by atoms with Gasteiger partial charge in [0.25, 0.3) is 0 Å². The number of benzene rings is 1. The highest BCUT2D eigenvalue weighted by atomic mass is 79.9. The van der Waals surface area contributed by atoms with E-state index >= 15 is 0 Å². The Balaban J connectivity index is 2.97. The van der Waals surface area contributed by atoms with Crippen molar-refractivity contribution in [2.75, 3.05) is 6.61 Å². The van der Waals surface area contributed by atoms with Crippen molar-refractivity contribution in [3.63, 3.8) is 0 Å². The Morgan fingerprint density at radius 3 is 2.87 bits per heavy atom. The summed E-state index contributed by atoms with van der Waals surface area (Å²) in [6.07, 6.45) is 0. The minimum absolute atomic E-state index is 0.0648. The second-order valence-electron chi connectivity index (χ2n) is 3.13. The Morgan fingerprint density at radius 2 is 2.33 bits per heavy atom. The first-order valence-corrected chi connectivity index (χ1v) is 5.13. The molecule has 0 bridgehead atoms. The molecule has 1 atom stereocenters. The highest BCUT2D eigenvalue weighted by molar-refractivity contribution is 9.10. The topological polar surface area (TPSA) is 78.4 Å². The second-order valence-corrected chi connectivity index (χ2v) is 3.99. The molecule has 15 heavy (non-hydrogen) atoms. The average Bonchev–Trinajstić information content (AvgIpc) is 2.15. The molecule has 82 valence electrons. The van der Waals surface area contributed by atoms with Crippen LogP contribution in [0.3, 0.4) is 0 Å². The minimum atomic E-state index is -0.485. The zero-order chi connectivity index (χ0) is 11.4. The summed E-state index contributed by atoms with van der Waals surface area (Å²) in [4.78, 5) is 10.2. The average molecular weight is 275 g/mol. The lowest BCUT2D eigenvalue weighted by atomic mass is 10.3. The van der Waals surface area contributed by atoms with Gasteiger partial charge in [0.2, 0.25) is 5.75 Å². The molecule has 6 heteroatoms. The molecule has 0 aromatic heterocycles. The molecule has 0 amide bonds. The van der Waals surface area contributed by atoms with Crippen LogP contribution in [-0.2, 0) is 0 Å². The monoisotopic (exact) mass is 274 g/mol. The third-order valence-electron chi connectivity index (χ3n) is 1.63. The molecule has 1 aromatic rings. The summed E-state index contributed by atoms with van der Waals surface area (Å²) in [5, 5.41) is 10.7. The van der Waals surface area contributed by atoms with Crippen molar-refractivity contribution in [2.45, 2.75) is 13.0 Å². The van der Waals surface area contributed by atoms with E-state index in [0.717, 1.165) is 0 Å². The molecule has 0 aliphatic heterocycles. The fourth-order valence-electron chi connectivity index (χ4n) is 0.999. The Labute approximate surface area is 95.5 Å². The highest BCUT2D eigenvalue weighted by Gasteiger charge is 2.17. The molecule has 0 saturated carbocycles. The Kier molecular flexibility index (Phi) is 4.05. The van der Waals surface area contributed by atoms with E-state index in [-0.39, 0.29) is 24.1 Å². The first-order chi connectivity index (χ1) is 7.02. The molecule has 0 heterocycles. The Morgan fingerprint density at radius 1 is 1.67 bits per heavy atom. The number of nitrogens with two attached hydrogens (primary N) is 1. The summed E-state index contributed by atoms with van der Waals surface area (Å²) in [6, 6.07) is 4.49. The highest BCUT2D eigenvalue weighted by Crippen LogP contribution is 2.34. The summed E-state index contributed by atoms with van der Waals surface area (Å²) >= 11 is 3.20. The van der Waals surface area contributed by atoms with Crippen molar-refractivity contribution in [2.24, 2.45) is 5.73 Å². The van der Waals surface area contributed by atoms with Crippen LogP contribution in [0.25, 0.3) is 0 Å². The second kappa shape index (κ2) is 5.09. The van der Waals surface area contributed by atoms with Gasteiger partial charge in [0.15, 0.2) is 0 Å². The van der Waals surface area contributed by atoms with Crippen LogP contribution in [0, 0.1) is 10.1 Å². The van der Waals surface area contributed by atoms with Crippen molar-refractivity contribution >= 4 is 21.6 Å². The Hall–Kier alpha value is -1.14. The van der Waals surface area contributed by atoms with Crippen molar-refractivity contribution in [3.8, 4) is 5.75 Å². The standard InChI is InChI=1S/C9H11BrN2O3/c1-6(11)5-15-9-7(10)3-2-4-8(9)12(13)14/h2-4,6H,5,11H2,1H3. The predicted octanol–water partition coefficient (Wildman–Crippen LogP) is 2.08. The van der Waals surface area contributed by atoms with Gasteiger partial charge >= 0.3 is 5.69 Å². The largest absolute Gasteiger partial charge is 0.484 e. The van der Waals surface area contributed by atoms with Gasteiger partial charge in [0, 0.05) is 12.1 Å². The molecule has 0 saturated heterocycles. The third kappa shape index (κ3) is 3.17. The van der Waals surface area contributed by atoms with Crippen molar-refractivity contribution in [1.82, 2.24) is 0 Å². The van der Waals surface area contributed by atoms with E-state index < -0.39 is 4.92 Å². The molecule has 0 radical (unpaired) electrons. The zero-order valence-corrected chi connectivity index (χ0v) is 9.73. The lowest BCUT2D eigenvalue weighted by molar-refractivity contribution is -0.386.